The number of benzene rings is 1. The summed E-state index contributed by atoms with van der Waals surface area (Å²) in [6.07, 6.45) is 2.48. The van der Waals surface area contributed by atoms with E-state index in [0.717, 1.165) is 16.4 Å². The number of aromatic nitrogens is 2. The summed E-state index contributed by atoms with van der Waals surface area (Å²) in [5, 5.41) is -0.287. The van der Waals surface area contributed by atoms with E-state index in [9.17, 15) is 13.2 Å². The second kappa shape index (κ2) is 5.57. The van der Waals surface area contributed by atoms with Gasteiger partial charge in [0.25, 0.3) is 0 Å². The third-order valence-corrected chi connectivity index (χ3v) is 4.99. The summed E-state index contributed by atoms with van der Waals surface area (Å²) in [5.41, 5.74) is 1.40. The van der Waals surface area contributed by atoms with E-state index in [1.165, 1.54) is 11.1 Å². The Kier molecular flexibility index (Phi) is 3.85. The van der Waals surface area contributed by atoms with Crippen LogP contribution in [0.25, 0.3) is 0 Å². The lowest BCUT2D eigenvalue weighted by Crippen LogP contribution is -2.46. The van der Waals surface area contributed by atoms with E-state index in [1.807, 2.05) is 24.3 Å². The summed E-state index contributed by atoms with van der Waals surface area (Å²) in [7, 11) is -1.97. The first-order valence-corrected chi connectivity index (χ1v) is 9.33. The second-order valence-corrected chi connectivity index (χ2v) is 7.92. The summed E-state index contributed by atoms with van der Waals surface area (Å²) in [6, 6.07) is 7.09. The van der Waals surface area contributed by atoms with Crippen molar-refractivity contribution < 1.29 is 13.2 Å². The number of halogens is 1. The number of para-hydroxylation sites is 1. The quantitative estimate of drug-likeness (QED) is 0.726. The number of nitrogens with zero attached hydrogens (tertiary/aromatic N) is 4. The number of hydrogen-bond acceptors (Lipinski definition) is 5. The number of anilines is 2. The highest BCUT2D eigenvalue weighted by Gasteiger charge is 2.32. The van der Waals surface area contributed by atoms with Crippen molar-refractivity contribution in [2.24, 2.45) is 0 Å². The van der Waals surface area contributed by atoms with Gasteiger partial charge in [-0.2, -0.15) is 0 Å². The lowest BCUT2D eigenvalue weighted by molar-refractivity contribution is 0.251. The maximum absolute atomic E-state index is 12.6. The van der Waals surface area contributed by atoms with Crippen molar-refractivity contribution in [2.45, 2.75) is 11.7 Å². The Balaban J connectivity index is 2.08. The lowest BCUT2D eigenvalue weighted by atomic mass is 10.2. The van der Waals surface area contributed by atoms with Gasteiger partial charge < -0.3 is 0 Å². The first kappa shape index (κ1) is 15.9. The van der Waals surface area contributed by atoms with Crippen molar-refractivity contribution in [2.75, 3.05) is 23.1 Å². The number of hydrogen-bond donors (Lipinski definition) is 0. The van der Waals surface area contributed by atoms with Gasteiger partial charge in [0.1, 0.15) is 5.82 Å². The van der Waals surface area contributed by atoms with E-state index >= 15 is 0 Å². The Labute approximate surface area is 142 Å². The van der Waals surface area contributed by atoms with Crippen LogP contribution in [-0.4, -0.2) is 37.7 Å². The van der Waals surface area contributed by atoms with Gasteiger partial charge >= 0.3 is 6.03 Å². The van der Waals surface area contributed by atoms with Gasteiger partial charge in [-0.15, -0.1) is 0 Å². The summed E-state index contributed by atoms with van der Waals surface area (Å²) in [6.45, 7) is 0.269. The van der Waals surface area contributed by atoms with Gasteiger partial charge in [-0.05, 0) is 28.1 Å². The maximum atomic E-state index is 12.6. The van der Waals surface area contributed by atoms with Crippen molar-refractivity contribution in [1.29, 1.82) is 0 Å². The van der Waals surface area contributed by atoms with Gasteiger partial charge in [-0.1, -0.05) is 12.1 Å². The molecule has 7 nitrogen and oxygen atoms in total. The molecule has 120 valence electrons. The molecule has 1 aromatic heterocycles. The highest BCUT2D eigenvalue weighted by atomic mass is 79.9. The van der Waals surface area contributed by atoms with Crippen LogP contribution in [0.5, 0.6) is 0 Å². The van der Waals surface area contributed by atoms with Crippen LogP contribution in [-0.2, 0) is 16.4 Å². The van der Waals surface area contributed by atoms with Crippen molar-refractivity contribution in [3.8, 4) is 0 Å². The van der Waals surface area contributed by atoms with Crippen molar-refractivity contribution in [3.63, 3.8) is 0 Å². The first-order chi connectivity index (χ1) is 10.8. The molecule has 23 heavy (non-hydrogen) atoms. The van der Waals surface area contributed by atoms with Crippen LogP contribution in [0.15, 0.2) is 40.1 Å². The minimum Gasteiger partial charge on any atom is -0.288 e. The number of rotatable bonds is 2. The van der Waals surface area contributed by atoms with E-state index in [4.69, 9.17) is 0 Å². The third-order valence-electron chi connectivity index (χ3n) is 3.46. The molecule has 1 aliphatic rings. The molecular weight excluding hydrogens is 384 g/mol. The number of carbonyl (C=O) groups is 1. The molecule has 0 fully saturated rings. The number of amides is 2. The average Bonchev–Trinajstić information content (AvgIpc) is 2.50. The molecule has 0 unspecified atom stereocenters. The molecule has 0 aliphatic carbocycles. The second-order valence-electron chi connectivity index (χ2n) is 5.15. The molecule has 1 aromatic carbocycles. The van der Waals surface area contributed by atoms with E-state index in [0.29, 0.717) is 11.4 Å². The molecule has 2 heterocycles. The summed E-state index contributed by atoms with van der Waals surface area (Å²) >= 11 is 3.43. The molecule has 0 saturated heterocycles. The van der Waals surface area contributed by atoms with Crippen LogP contribution < -0.4 is 9.80 Å². The SMILES string of the molecule is CN1C(=O)N(c2ccccc2Br)Cc2cnc(S(C)(=O)=O)nc21. The van der Waals surface area contributed by atoms with Crippen LogP contribution in [0.2, 0.25) is 0 Å². The molecule has 0 atom stereocenters. The Hall–Kier alpha value is -2.00. The van der Waals surface area contributed by atoms with Crippen molar-refractivity contribution in [1.82, 2.24) is 9.97 Å². The van der Waals surface area contributed by atoms with Gasteiger partial charge in [0.05, 0.1) is 12.2 Å². The number of fused-ring (bicyclic) bond motifs is 1. The lowest BCUT2D eigenvalue weighted by Gasteiger charge is -2.34. The fourth-order valence-corrected chi connectivity index (χ4v) is 3.33. The zero-order valence-electron chi connectivity index (χ0n) is 12.4. The van der Waals surface area contributed by atoms with Gasteiger partial charge in [0.15, 0.2) is 0 Å². The predicted octanol–water partition coefficient (Wildman–Crippen LogP) is 2.22. The van der Waals surface area contributed by atoms with Crippen LogP contribution in [0.3, 0.4) is 0 Å². The Morgan fingerprint density at radius 2 is 1.96 bits per heavy atom. The molecule has 3 rings (SSSR count). The molecule has 0 spiro atoms. The normalized spacial score (nSPS) is 14.8. The van der Waals surface area contributed by atoms with Crippen molar-refractivity contribution in [3.05, 3.63) is 40.5 Å². The standard InChI is InChI=1S/C14H13BrN4O3S/c1-18-12-9(7-16-13(17-12)23(2,21)22)8-19(14(18)20)11-6-4-3-5-10(11)15/h3-7H,8H2,1-2H3. The number of carbonyl (C=O) groups excluding carboxylic acids is 1. The summed E-state index contributed by atoms with van der Waals surface area (Å²) in [4.78, 5) is 23.5. The topological polar surface area (TPSA) is 83.5 Å². The van der Waals surface area contributed by atoms with Crippen molar-refractivity contribution >= 4 is 43.3 Å². The third kappa shape index (κ3) is 2.81. The van der Waals surface area contributed by atoms with Gasteiger partial charge in [-0.25, -0.2) is 23.2 Å². The number of sulfone groups is 1. The van der Waals surface area contributed by atoms with Crippen LogP contribution >= 0.6 is 15.9 Å². The highest BCUT2D eigenvalue weighted by Crippen LogP contribution is 2.33. The molecule has 2 amide bonds. The Bertz CT molecular complexity index is 901. The first-order valence-electron chi connectivity index (χ1n) is 6.65. The minimum absolute atomic E-state index is 0.269. The summed E-state index contributed by atoms with van der Waals surface area (Å²) < 4.78 is 24.0. The number of urea groups is 1. The Morgan fingerprint density at radius 3 is 2.61 bits per heavy atom. The zero-order chi connectivity index (χ0) is 16.8. The summed E-state index contributed by atoms with van der Waals surface area (Å²) in [5.74, 6) is 0.314. The highest BCUT2D eigenvalue weighted by molar-refractivity contribution is 9.10. The monoisotopic (exact) mass is 396 g/mol. The average molecular weight is 397 g/mol. The van der Waals surface area contributed by atoms with Gasteiger partial charge in [0, 0.05) is 29.5 Å². The van der Waals surface area contributed by atoms with Crippen LogP contribution in [0.4, 0.5) is 16.3 Å². The van der Waals surface area contributed by atoms with E-state index < -0.39 is 9.84 Å². The van der Waals surface area contributed by atoms with Crippen LogP contribution in [0, 0.1) is 0 Å². The minimum atomic E-state index is -3.53. The van der Waals surface area contributed by atoms with Gasteiger partial charge in [0.2, 0.25) is 15.0 Å². The van der Waals surface area contributed by atoms with Crippen LogP contribution in [0.1, 0.15) is 5.56 Å². The molecule has 1 aliphatic heterocycles. The van der Waals surface area contributed by atoms with E-state index in [2.05, 4.69) is 25.9 Å². The fourth-order valence-electron chi connectivity index (χ4n) is 2.33. The molecule has 2 aromatic rings. The van der Waals surface area contributed by atoms with Gasteiger partial charge in [-0.3, -0.25) is 9.80 Å². The van der Waals surface area contributed by atoms with E-state index in [-0.39, 0.29) is 17.7 Å². The maximum Gasteiger partial charge on any atom is 0.330 e. The molecule has 0 bridgehead atoms. The Morgan fingerprint density at radius 1 is 1.26 bits per heavy atom. The molecular formula is C14H13BrN4O3S. The smallest absolute Gasteiger partial charge is 0.288 e. The predicted molar refractivity (Wildman–Crippen MR) is 89.3 cm³/mol. The largest absolute Gasteiger partial charge is 0.330 e. The van der Waals surface area contributed by atoms with E-state index in [1.54, 1.807) is 11.9 Å². The molecule has 0 N–H and O–H groups in total. The molecule has 0 radical (unpaired) electrons. The molecule has 9 heteroatoms. The molecule has 0 saturated carbocycles. The zero-order valence-corrected chi connectivity index (χ0v) is 14.8. The fraction of sp³-hybridized carbons (Fsp3) is 0.214.